The van der Waals surface area contributed by atoms with Gasteiger partial charge in [0, 0.05) is 18.1 Å². The molecule has 0 spiro atoms. The number of hydrogen-bond donors (Lipinski definition) is 2. The van der Waals surface area contributed by atoms with E-state index in [4.69, 9.17) is 11.6 Å². The van der Waals surface area contributed by atoms with Gasteiger partial charge in [0.05, 0.1) is 11.9 Å². The highest BCUT2D eigenvalue weighted by Crippen LogP contribution is 2.12. The Morgan fingerprint density at radius 2 is 1.91 bits per heavy atom. The molecule has 0 bridgehead atoms. The van der Waals surface area contributed by atoms with E-state index < -0.39 is 0 Å². The number of pyridine rings is 1. The van der Waals surface area contributed by atoms with Gasteiger partial charge in [-0.15, -0.1) is 0 Å². The van der Waals surface area contributed by atoms with Crippen LogP contribution in [0.1, 0.15) is 42.2 Å². The van der Waals surface area contributed by atoms with Crippen molar-refractivity contribution >= 4 is 23.2 Å². The molecule has 1 amide bonds. The first kappa shape index (κ1) is 17.3. The van der Waals surface area contributed by atoms with Gasteiger partial charge in [-0.25, -0.2) is 4.98 Å². The van der Waals surface area contributed by atoms with E-state index in [0.717, 1.165) is 35.5 Å². The fourth-order valence-electron chi connectivity index (χ4n) is 2.11. The fourth-order valence-corrected chi connectivity index (χ4v) is 2.23. The lowest BCUT2D eigenvalue weighted by Crippen LogP contribution is -2.25. The summed E-state index contributed by atoms with van der Waals surface area (Å²) < 4.78 is 0. The number of benzene rings is 1. The first-order valence-electron chi connectivity index (χ1n) is 7.91. The first-order chi connectivity index (χ1) is 11.2. The second-order valence-corrected chi connectivity index (χ2v) is 5.81. The Kier molecular flexibility index (Phi) is 6.88. The van der Waals surface area contributed by atoms with Crippen molar-refractivity contribution in [3.8, 4) is 0 Å². The van der Waals surface area contributed by atoms with Crippen molar-refractivity contribution in [1.82, 2.24) is 10.3 Å². The van der Waals surface area contributed by atoms with E-state index in [-0.39, 0.29) is 5.91 Å². The number of rotatable bonds is 8. The minimum absolute atomic E-state index is 0.120. The van der Waals surface area contributed by atoms with Gasteiger partial charge in [-0.05, 0) is 36.2 Å². The van der Waals surface area contributed by atoms with E-state index in [2.05, 4.69) is 22.5 Å². The van der Waals surface area contributed by atoms with Gasteiger partial charge in [-0.3, -0.25) is 4.79 Å². The number of aromatic nitrogens is 1. The Morgan fingerprint density at radius 3 is 2.57 bits per heavy atom. The summed E-state index contributed by atoms with van der Waals surface area (Å²) in [6.07, 6.45) is 4.95. The van der Waals surface area contributed by atoms with Crippen LogP contribution in [0.25, 0.3) is 0 Å². The van der Waals surface area contributed by atoms with E-state index in [1.54, 1.807) is 12.3 Å². The minimum Gasteiger partial charge on any atom is -0.380 e. The monoisotopic (exact) mass is 331 g/mol. The summed E-state index contributed by atoms with van der Waals surface area (Å²) in [5.41, 5.74) is 2.45. The van der Waals surface area contributed by atoms with Crippen LogP contribution in [0.3, 0.4) is 0 Å². The lowest BCUT2D eigenvalue weighted by atomic mass is 10.2. The number of nitrogens with one attached hydrogen (secondary N) is 2. The number of anilines is 1. The molecule has 1 aromatic carbocycles. The van der Waals surface area contributed by atoms with Gasteiger partial charge in [-0.1, -0.05) is 43.5 Å². The van der Waals surface area contributed by atoms with Gasteiger partial charge in [0.2, 0.25) is 0 Å². The summed E-state index contributed by atoms with van der Waals surface area (Å²) >= 11 is 5.86. The number of nitrogens with zero attached hydrogens (tertiary/aromatic N) is 1. The van der Waals surface area contributed by atoms with Crippen molar-refractivity contribution in [2.45, 2.75) is 32.7 Å². The molecule has 0 aliphatic rings. The van der Waals surface area contributed by atoms with Gasteiger partial charge in [0.1, 0.15) is 5.69 Å². The number of hydrogen-bond acceptors (Lipinski definition) is 3. The summed E-state index contributed by atoms with van der Waals surface area (Å²) in [5.74, 6) is -0.120. The van der Waals surface area contributed by atoms with Crippen molar-refractivity contribution in [2.75, 3.05) is 11.9 Å². The Morgan fingerprint density at radius 1 is 1.13 bits per heavy atom. The number of unbranched alkanes of at least 4 members (excludes halogenated alkanes) is 2. The molecule has 23 heavy (non-hydrogen) atoms. The molecule has 0 atom stereocenters. The van der Waals surface area contributed by atoms with Gasteiger partial charge >= 0.3 is 0 Å². The second kappa shape index (κ2) is 9.16. The summed E-state index contributed by atoms with van der Waals surface area (Å²) in [7, 11) is 0. The van der Waals surface area contributed by atoms with Crippen LogP contribution >= 0.6 is 11.6 Å². The molecule has 1 aromatic heterocycles. The van der Waals surface area contributed by atoms with Crippen LogP contribution in [0.4, 0.5) is 5.69 Å². The van der Waals surface area contributed by atoms with E-state index >= 15 is 0 Å². The van der Waals surface area contributed by atoms with E-state index in [0.29, 0.717) is 18.8 Å². The molecule has 0 saturated carbocycles. The molecule has 0 saturated heterocycles. The molecule has 1 heterocycles. The Bertz CT molecular complexity index is 611. The quantitative estimate of drug-likeness (QED) is 0.710. The molecule has 2 N–H and O–H groups in total. The second-order valence-electron chi connectivity index (χ2n) is 5.38. The molecule has 5 heteroatoms. The third-order valence-corrected chi connectivity index (χ3v) is 3.72. The van der Waals surface area contributed by atoms with Crippen LogP contribution in [0, 0.1) is 0 Å². The molecule has 0 unspecified atom stereocenters. The maximum atomic E-state index is 11.9. The predicted octanol–water partition coefficient (Wildman–Crippen LogP) is 4.27. The maximum absolute atomic E-state index is 11.9. The van der Waals surface area contributed by atoms with E-state index in [1.165, 1.54) is 0 Å². The van der Waals surface area contributed by atoms with Crippen LogP contribution in [-0.4, -0.2) is 17.4 Å². The van der Waals surface area contributed by atoms with E-state index in [9.17, 15) is 4.79 Å². The summed E-state index contributed by atoms with van der Waals surface area (Å²) in [6, 6.07) is 11.3. The number of carbonyl (C=O) groups is 1. The zero-order valence-corrected chi connectivity index (χ0v) is 14.1. The zero-order valence-electron chi connectivity index (χ0n) is 13.3. The standard InChI is InChI=1S/C18H22ClN3O/c1-2-3-4-11-20-18(23)17-10-9-16(13-22-17)21-12-14-5-7-15(19)8-6-14/h5-10,13,21H,2-4,11-12H2,1H3,(H,20,23). The summed E-state index contributed by atoms with van der Waals surface area (Å²) in [6.45, 7) is 3.52. The summed E-state index contributed by atoms with van der Waals surface area (Å²) in [5, 5.41) is 6.88. The molecule has 0 aliphatic heterocycles. The Labute approximate surface area is 142 Å². The molecule has 2 aromatic rings. The number of carbonyl (C=O) groups excluding carboxylic acids is 1. The van der Waals surface area contributed by atoms with Crippen LogP contribution in [-0.2, 0) is 6.54 Å². The highest BCUT2D eigenvalue weighted by molar-refractivity contribution is 6.30. The van der Waals surface area contributed by atoms with Crippen LogP contribution in [0.15, 0.2) is 42.6 Å². The maximum Gasteiger partial charge on any atom is 0.269 e. The Hall–Kier alpha value is -2.07. The van der Waals surface area contributed by atoms with Crippen molar-refractivity contribution < 1.29 is 4.79 Å². The highest BCUT2D eigenvalue weighted by Gasteiger charge is 2.06. The smallest absolute Gasteiger partial charge is 0.269 e. The average molecular weight is 332 g/mol. The first-order valence-corrected chi connectivity index (χ1v) is 8.29. The predicted molar refractivity (Wildman–Crippen MR) is 94.9 cm³/mol. The zero-order chi connectivity index (χ0) is 16.5. The van der Waals surface area contributed by atoms with Gasteiger partial charge in [-0.2, -0.15) is 0 Å². The van der Waals surface area contributed by atoms with Crippen molar-refractivity contribution in [1.29, 1.82) is 0 Å². The lowest BCUT2D eigenvalue weighted by Gasteiger charge is -2.08. The fraction of sp³-hybridized carbons (Fsp3) is 0.333. The average Bonchev–Trinajstić information content (AvgIpc) is 2.58. The highest BCUT2D eigenvalue weighted by atomic mass is 35.5. The van der Waals surface area contributed by atoms with Crippen LogP contribution < -0.4 is 10.6 Å². The summed E-state index contributed by atoms with van der Waals surface area (Å²) in [4.78, 5) is 16.1. The molecule has 4 nitrogen and oxygen atoms in total. The molecule has 0 fully saturated rings. The number of amides is 1. The van der Waals surface area contributed by atoms with Gasteiger partial charge in [0.15, 0.2) is 0 Å². The van der Waals surface area contributed by atoms with Crippen LogP contribution in [0.2, 0.25) is 5.02 Å². The van der Waals surface area contributed by atoms with Crippen LogP contribution in [0.5, 0.6) is 0 Å². The lowest BCUT2D eigenvalue weighted by molar-refractivity contribution is 0.0948. The third-order valence-electron chi connectivity index (χ3n) is 3.47. The normalized spacial score (nSPS) is 10.3. The molecule has 0 radical (unpaired) electrons. The van der Waals surface area contributed by atoms with Crippen molar-refractivity contribution in [3.63, 3.8) is 0 Å². The molecule has 122 valence electrons. The molecular weight excluding hydrogens is 310 g/mol. The minimum atomic E-state index is -0.120. The van der Waals surface area contributed by atoms with Gasteiger partial charge in [0.25, 0.3) is 5.91 Å². The van der Waals surface area contributed by atoms with Crippen molar-refractivity contribution in [2.24, 2.45) is 0 Å². The molecule has 0 aliphatic carbocycles. The third kappa shape index (κ3) is 5.91. The Balaban J connectivity index is 1.81. The van der Waals surface area contributed by atoms with Crippen molar-refractivity contribution in [3.05, 3.63) is 58.9 Å². The number of halogens is 1. The largest absolute Gasteiger partial charge is 0.380 e. The SMILES string of the molecule is CCCCCNC(=O)c1ccc(NCc2ccc(Cl)cc2)cn1. The van der Waals surface area contributed by atoms with Gasteiger partial charge < -0.3 is 10.6 Å². The molecular formula is C18H22ClN3O. The van der Waals surface area contributed by atoms with E-state index in [1.807, 2.05) is 30.3 Å². The molecule has 2 rings (SSSR count). The topological polar surface area (TPSA) is 54.0 Å².